The van der Waals surface area contributed by atoms with Gasteiger partial charge in [-0.05, 0) is 45.4 Å². The summed E-state index contributed by atoms with van der Waals surface area (Å²) in [6, 6.07) is 2.78. The molecule has 2 atom stereocenters. The van der Waals surface area contributed by atoms with Crippen LogP contribution in [0.1, 0.15) is 36.5 Å². The van der Waals surface area contributed by atoms with Crippen molar-refractivity contribution in [3.8, 4) is 0 Å². The summed E-state index contributed by atoms with van der Waals surface area (Å²) in [6.07, 6.45) is 1.92. The molecule has 7 heteroatoms. The van der Waals surface area contributed by atoms with E-state index in [1.54, 1.807) is 11.8 Å². The first kappa shape index (κ1) is 18.2. The number of ether oxygens (including phenoxy) is 1. The molecule has 25 heavy (non-hydrogen) atoms. The highest BCUT2D eigenvalue weighted by Crippen LogP contribution is 2.38. The molecule has 0 aromatic heterocycles. The smallest absolute Gasteiger partial charge is 0.254 e. The first-order valence-corrected chi connectivity index (χ1v) is 8.54. The molecule has 1 aromatic rings. The topological polar surface area (TPSA) is 61.8 Å². The second-order valence-electron chi connectivity index (χ2n) is 7.32. The summed E-state index contributed by atoms with van der Waals surface area (Å²) in [7, 11) is 1.81. The first-order valence-electron chi connectivity index (χ1n) is 8.54. The molecule has 0 saturated carbocycles. The van der Waals surface area contributed by atoms with Crippen LogP contribution in [-0.2, 0) is 4.74 Å². The highest BCUT2D eigenvalue weighted by Gasteiger charge is 2.48. The van der Waals surface area contributed by atoms with Gasteiger partial charge in [0.2, 0.25) is 0 Å². The lowest BCUT2D eigenvalue weighted by Gasteiger charge is -2.50. The van der Waals surface area contributed by atoms with Crippen LogP contribution >= 0.6 is 0 Å². The molecule has 2 aliphatic rings. The average Bonchev–Trinajstić information content (AvgIpc) is 2.56. The highest BCUT2D eigenvalue weighted by molar-refractivity contribution is 5.94. The van der Waals surface area contributed by atoms with E-state index in [-0.39, 0.29) is 29.7 Å². The first-order chi connectivity index (χ1) is 11.7. The van der Waals surface area contributed by atoms with Gasteiger partial charge in [-0.15, -0.1) is 0 Å². The fraction of sp³-hybridized carbons (Fsp3) is 0.611. The number of likely N-dealkylation sites (tertiary alicyclic amines) is 1. The Balaban J connectivity index is 1.66. The molecule has 0 unspecified atom stereocenters. The van der Waals surface area contributed by atoms with Gasteiger partial charge in [0.1, 0.15) is 17.2 Å². The monoisotopic (exact) mass is 354 g/mol. The van der Waals surface area contributed by atoms with Crippen molar-refractivity contribution < 1.29 is 23.4 Å². The van der Waals surface area contributed by atoms with Crippen molar-refractivity contribution in [1.29, 1.82) is 0 Å². The average molecular weight is 354 g/mol. The number of nitrogens with one attached hydrogen (secondary N) is 1. The Bertz CT molecular complexity index is 637. The molecule has 3 rings (SSSR count). The minimum atomic E-state index is -0.925. The third-order valence-corrected chi connectivity index (χ3v) is 5.42. The minimum absolute atomic E-state index is 0.0223. The zero-order valence-electron chi connectivity index (χ0n) is 14.5. The fourth-order valence-corrected chi connectivity index (χ4v) is 3.79. The normalized spacial score (nSPS) is 29.0. The van der Waals surface area contributed by atoms with Crippen molar-refractivity contribution in [2.24, 2.45) is 0 Å². The lowest BCUT2D eigenvalue weighted by Crippen LogP contribution is -2.62. The Morgan fingerprint density at radius 3 is 2.44 bits per heavy atom. The number of hydrogen-bond acceptors (Lipinski definition) is 4. The van der Waals surface area contributed by atoms with E-state index in [4.69, 9.17) is 4.74 Å². The van der Waals surface area contributed by atoms with E-state index in [9.17, 15) is 18.7 Å². The molecule has 1 aromatic carbocycles. The predicted molar refractivity (Wildman–Crippen MR) is 88.3 cm³/mol. The van der Waals surface area contributed by atoms with Crippen LogP contribution in [0.15, 0.2) is 18.2 Å². The Morgan fingerprint density at radius 1 is 1.28 bits per heavy atom. The minimum Gasteiger partial charge on any atom is -0.386 e. The molecule has 138 valence electrons. The molecule has 1 amide bonds. The second-order valence-corrected chi connectivity index (χ2v) is 7.32. The van der Waals surface area contributed by atoms with Crippen molar-refractivity contribution in [2.75, 3.05) is 26.7 Å². The van der Waals surface area contributed by atoms with Crippen LogP contribution in [0.4, 0.5) is 8.78 Å². The molecule has 1 spiro atoms. The zero-order valence-corrected chi connectivity index (χ0v) is 14.5. The van der Waals surface area contributed by atoms with E-state index in [1.807, 2.05) is 7.05 Å². The zero-order chi connectivity index (χ0) is 18.2. The van der Waals surface area contributed by atoms with E-state index >= 15 is 0 Å². The molecule has 2 N–H and O–H groups in total. The SMILES string of the molecule is CN[C@H]1CC2(CCN(C(=O)c3cc(F)cc(F)c3)CC2)OC[C@]1(C)O. The van der Waals surface area contributed by atoms with Crippen molar-refractivity contribution in [1.82, 2.24) is 10.2 Å². The summed E-state index contributed by atoms with van der Waals surface area (Å²) < 4.78 is 32.6. The molecule has 2 fully saturated rings. The number of benzene rings is 1. The molecule has 2 heterocycles. The molecule has 5 nitrogen and oxygen atoms in total. The number of carbonyl (C=O) groups is 1. The second kappa shape index (κ2) is 6.63. The summed E-state index contributed by atoms with van der Waals surface area (Å²) in [4.78, 5) is 14.1. The van der Waals surface area contributed by atoms with Gasteiger partial charge in [0.15, 0.2) is 0 Å². The Labute approximate surface area is 146 Å². The third-order valence-electron chi connectivity index (χ3n) is 5.42. The van der Waals surface area contributed by atoms with Crippen LogP contribution in [0.5, 0.6) is 0 Å². The number of piperidine rings is 1. The summed E-state index contributed by atoms with van der Waals surface area (Å²) in [5.74, 6) is -1.89. The maximum Gasteiger partial charge on any atom is 0.254 e. The van der Waals surface area contributed by atoms with Gasteiger partial charge in [-0.25, -0.2) is 8.78 Å². The number of carbonyl (C=O) groups excluding carboxylic acids is 1. The largest absolute Gasteiger partial charge is 0.386 e. The Kier molecular flexibility index (Phi) is 4.83. The molecule has 2 saturated heterocycles. The van der Waals surface area contributed by atoms with E-state index in [0.717, 1.165) is 18.2 Å². The van der Waals surface area contributed by atoms with Crippen LogP contribution in [0.3, 0.4) is 0 Å². The quantitative estimate of drug-likeness (QED) is 0.849. The Hall–Kier alpha value is -1.57. The maximum absolute atomic E-state index is 13.3. The van der Waals surface area contributed by atoms with Crippen LogP contribution in [0.2, 0.25) is 0 Å². The van der Waals surface area contributed by atoms with Crippen LogP contribution in [-0.4, -0.2) is 59.9 Å². The molecule has 0 bridgehead atoms. The van der Waals surface area contributed by atoms with Crippen molar-refractivity contribution in [2.45, 2.75) is 43.4 Å². The predicted octanol–water partition coefficient (Wildman–Crippen LogP) is 1.70. The molecule has 2 aliphatic heterocycles. The van der Waals surface area contributed by atoms with Gasteiger partial charge < -0.3 is 20.1 Å². The van der Waals surface area contributed by atoms with Crippen molar-refractivity contribution >= 4 is 5.91 Å². The van der Waals surface area contributed by atoms with Gasteiger partial charge in [-0.2, -0.15) is 0 Å². The molecular weight excluding hydrogens is 330 g/mol. The summed E-state index contributed by atoms with van der Waals surface area (Å²) in [5, 5.41) is 13.5. The summed E-state index contributed by atoms with van der Waals surface area (Å²) in [5.41, 5.74) is -1.28. The van der Waals surface area contributed by atoms with Crippen LogP contribution in [0.25, 0.3) is 0 Å². The lowest BCUT2D eigenvalue weighted by atomic mass is 9.77. The lowest BCUT2D eigenvalue weighted by molar-refractivity contribution is -0.189. The number of rotatable bonds is 2. The Morgan fingerprint density at radius 2 is 1.88 bits per heavy atom. The molecule has 0 aliphatic carbocycles. The number of halogens is 2. The maximum atomic E-state index is 13.3. The molecule has 0 radical (unpaired) electrons. The number of amides is 1. The number of likely N-dealkylation sites (N-methyl/N-ethyl adjacent to an activating group) is 1. The van der Waals surface area contributed by atoms with E-state index in [1.165, 1.54) is 0 Å². The highest BCUT2D eigenvalue weighted by atomic mass is 19.1. The summed E-state index contributed by atoms with van der Waals surface area (Å²) >= 11 is 0. The van der Waals surface area contributed by atoms with Gasteiger partial charge in [0, 0.05) is 30.8 Å². The van der Waals surface area contributed by atoms with Gasteiger partial charge in [-0.3, -0.25) is 4.79 Å². The van der Waals surface area contributed by atoms with E-state index in [2.05, 4.69) is 5.32 Å². The van der Waals surface area contributed by atoms with E-state index in [0.29, 0.717) is 32.4 Å². The van der Waals surface area contributed by atoms with Gasteiger partial charge >= 0.3 is 0 Å². The standard InChI is InChI=1S/C18H24F2N2O3/c1-17(24)11-25-18(10-15(17)21-2)3-5-22(6-4-18)16(23)12-7-13(19)9-14(20)8-12/h7-9,15,21,24H,3-6,10-11H2,1-2H3/t15-,17-/m0/s1. The van der Waals surface area contributed by atoms with E-state index < -0.39 is 17.2 Å². The van der Waals surface area contributed by atoms with Gasteiger partial charge in [-0.1, -0.05) is 0 Å². The number of nitrogens with zero attached hydrogens (tertiary/aromatic N) is 1. The van der Waals surface area contributed by atoms with Gasteiger partial charge in [0.25, 0.3) is 5.91 Å². The van der Waals surface area contributed by atoms with Crippen molar-refractivity contribution in [3.05, 3.63) is 35.4 Å². The van der Waals surface area contributed by atoms with Crippen LogP contribution in [0, 0.1) is 11.6 Å². The molecular formula is C18H24F2N2O3. The van der Waals surface area contributed by atoms with Crippen molar-refractivity contribution in [3.63, 3.8) is 0 Å². The number of aliphatic hydroxyl groups is 1. The summed E-state index contributed by atoms with van der Waals surface area (Å²) in [6.45, 7) is 2.89. The van der Waals surface area contributed by atoms with Gasteiger partial charge in [0.05, 0.1) is 12.2 Å². The van der Waals surface area contributed by atoms with Crippen LogP contribution < -0.4 is 5.32 Å². The number of hydrogen-bond donors (Lipinski definition) is 2. The third kappa shape index (κ3) is 3.68. The fourth-order valence-electron chi connectivity index (χ4n) is 3.79.